The van der Waals surface area contributed by atoms with E-state index in [0.29, 0.717) is 12.8 Å². The van der Waals surface area contributed by atoms with Gasteiger partial charge in [-0.1, -0.05) is 26.6 Å². The van der Waals surface area contributed by atoms with E-state index < -0.39 is 26.1 Å². The Morgan fingerprint density at radius 2 is 2.55 bits per heavy atom. The van der Waals surface area contributed by atoms with Gasteiger partial charge in [0.25, 0.3) is 0 Å². The number of nitrogens with zero attached hydrogens (tertiary/aromatic N) is 2. The van der Waals surface area contributed by atoms with Crippen molar-refractivity contribution in [2.75, 3.05) is 13.0 Å². The van der Waals surface area contributed by atoms with E-state index in [1.165, 1.54) is 0 Å². The second-order valence-corrected chi connectivity index (χ2v) is 1.92. The highest BCUT2D eigenvalue weighted by Gasteiger charge is 1.99. The summed E-state index contributed by atoms with van der Waals surface area (Å²) in [5.41, 5.74) is 0. The summed E-state index contributed by atoms with van der Waals surface area (Å²) in [6.45, 7) is -5.05. The van der Waals surface area contributed by atoms with Crippen LogP contribution in [0.3, 0.4) is 0 Å². The molecule has 66 valence electrons. The van der Waals surface area contributed by atoms with E-state index in [4.69, 9.17) is 12.3 Å². The lowest BCUT2D eigenvalue weighted by atomic mass is 10.3. The Morgan fingerprint density at radius 1 is 1.73 bits per heavy atom. The van der Waals surface area contributed by atoms with Crippen LogP contribution in [-0.2, 0) is 0 Å². The number of hydrogen-bond donors (Lipinski definition) is 0. The topological polar surface area (TPSA) is 32.7 Å². The zero-order valence-corrected chi connectivity index (χ0v) is 6.42. The minimum atomic E-state index is -3.49. The Kier molecular flexibility index (Phi) is 1.85. The normalized spacial score (nSPS) is 26.8. The summed E-state index contributed by atoms with van der Waals surface area (Å²) in [5.74, 6) is 0. The molecule has 0 aromatic carbocycles. The first-order valence-corrected chi connectivity index (χ1v) is 3.38. The SMILES string of the molecule is [2H]C([2H])([2H])C([2H])([2H])C([2H])([2H])C([2H])([2H])N(CCCC)N=O. The third-order valence-electron chi connectivity index (χ3n) is 1.07. The molecule has 0 aliphatic rings. The summed E-state index contributed by atoms with van der Waals surface area (Å²) < 4.78 is 66.3. The molecule has 0 unspecified atom stereocenters. The van der Waals surface area contributed by atoms with Crippen molar-refractivity contribution in [3.05, 3.63) is 4.91 Å². The predicted octanol–water partition coefficient (Wildman–Crippen LogP) is 2.57. The van der Waals surface area contributed by atoms with Crippen LogP contribution in [-0.4, -0.2) is 18.1 Å². The molecule has 0 aromatic rings. The molecule has 0 rings (SSSR count). The van der Waals surface area contributed by atoms with E-state index in [1.54, 1.807) is 6.92 Å². The van der Waals surface area contributed by atoms with Crippen LogP contribution in [0.4, 0.5) is 0 Å². The molecule has 0 aromatic heterocycles. The first-order chi connectivity index (χ1) is 8.77. The van der Waals surface area contributed by atoms with E-state index >= 15 is 0 Å². The van der Waals surface area contributed by atoms with Gasteiger partial charge in [-0.05, 0) is 12.8 Å². The van der Waals surface area contributed by atoms with E-state index in [2.05, 4.69) is 5.29 Å². The van der Waals surface area contributed by atoms with Gasteiger partial charge in [-0.3, -0.25) is 5.01 Å². The Hall–Kier alpha value is -0.600. The third kappa shape index (κ3) is 5.83. The van der Waals surface area contributed by atoms with Crippen LogP contribution in [0, 0.1) is 4.91 Å². The largest absolute Gasteiger partial charge is 0.261 e. The minimum Gasteiger partial charge on any atom is -0.261 e. The Balaban J connectivity index is 5.59. The zero-order valence-electron chi connectivity index (χ0n) is 15.4. The molecular weight excluding hydrogens is 140 g/mol. The molecule has 3 heteroatoms. The molecule has 0 atom stereocenters. The number of unbranched alkanes of at least 4 members (excludes halogenated alkanes) is 1. The van der Waals surface area contributed by atoms with Gasteiger partial charge >= 0.3 is 0 Å². The summed E-state index contributed by atoms with van der Waals surface area (Å²) in [7, 11) is 0. The van der Waals surface area contributed by atoms with E-state index in [0.717, 1.165) is 0 Å². The Morgan fingerprint density at radius 3 is 3.09 bits per heavy atom. The maximum atomic E-state index is 10.7. The van der Waals surface area contributed by atoms with Gasteiger partial charge in [-0.15, -0.1) is 4.91 Å². The van der Waals surface area contributed by atoms with Crippen LogP contribution in [0.1, 0.15) is 51.7 Å². The third-order valence-corrected chi connectivity index (χ3v) is 1.07. The Labute approximate surface area is 81.4 Å². The second kappa shape index (κ2) is 7.51. The molecule has 11 heavy (non-hydrogen) atoms. The number of rotatable bonds is 7. The summed E-state index contributed by atoms with van der Waals surface area (Å²) >= 11 is 0. The van der Waals surface area contributed by atoms with Gasteiger partial charge in [0, 0.05) is 22.6 Å². The van der Waals surface area contributed by atoms with Gasteiger partial charge in [0.2, 0.25) is 0 Å². The maximum Gasteiger partial charge on any atom is 0.0523 e. The van der Waals surface area contributed by atoms with Crippen LogP contribution in [0.15, 0.2) is 5.29 Å². The lowest BCUT2D eigenvalue weighted by Crippen LogP contribution is -2.18. The van der Waals surface area contributed by atoms with Crippen LogP contribution >= 0.6 is 0 Å². The standard InChI is InChI=1S/C8H18N2O/c1-3-5-7-10(9-11)8-6-4-2/h3-8H2,1-2H3/i1D3,3D2,5D2,7D2. The van der Waals surface area contributed by atoms with Gasteiger partial charge < -0.3 is 0 Å². The predicted molar refractivity (Wildman–Crippen MR) is 47.2 cm³/mol. The first-order valence-electron chi connectivity index (χ1n) is 7.88. The fourth-order valence-electron chi connectivity index (χ4n) is 0.517. The fraction of sp³-hybridized carbons (Fsp3) is 1.00. The van der Waals surface area contributed by atoms with Crippen molar-refractivity contribution in [2.24, 2.45) is 5.29 Å². The van der Waals surface area contributed by atoms with Crippen molar-refractivity contribution in [1.29, 1.82) is 0 Å². The lowest BCUT2D eigenvalue weighted by Gasteiger charge is -2.13. The Bertz CT molecular complexity index is 341. The van der Waals surface area contributed by atoms with Crippen LogP contribution in [0.5, 0.6) is 0 Å². The van der Waals surface area contributed by atoms with Crippen LogP contribution < -0.4 is 0 Å². The monoisotopic (exact) mass is 167 g/mol. The maximum absolute atomic E-state index is 10.7. The fourth-order valence-corrected chi connectivity index (χ4v) is 0.517. The molecule has 3 nitrogen and oxygen atoms in total. The quantitative estimate of drug-likeness (QED) is 0.431. The van der Waals surface area contributed by atoms with E-state index in [1.807, 2.05) is 0 Å². The average Bonchev–Trinajstić information content (AvgIpc) is 2.27. The summed E-state index contributed by atoms with van der Waals surface area (Å²) in [5, 5.41) is 2.60. The molecule has 0 aliphatic heterocycles. The van der Waals surface area contributed by atoms with E-state index in [-0.39, 0.29) is 11.6 Å². The number of nitroso groups, excluding NO2 is 1. The highest BCUT2D eigenvalue weighted by Crippen LogP contribution is 1.98. The minimum absolute atomic E-state index is 0.222. The molecule has 0 amide bonds. The summed E-state index contributed by atoms with van der Waals surface area (Å²) in [6, 6.07) is 0. The lowest BCUT2D eigenvalue weighted by molar-refractivity contribution is 0.274. The van der Waals surface area contributed by atoms with Crippen molar-refractivity contribution in [3.8, 4) is 0 Å². The highest BCUT2D eigenvalue weighted by atomic mass is 16.3. The van der Waals surface area contributed by atoms with Crippen molar-refractivity contribution in [2.45, 2.75) is 39.4 Å². The molecule has 0 saturated heterocycles. The van der Waals surface area contributed by atoms with E-state index in [9.17, 15) is 4.91 Å². The second-order valence-electron chi connectivity index (χ2n) is 1.92. The molecule has 0 heterocycles. The van der Waals surface area contributed by atoms with Gasteiger partial charge in [0.05, 0.1) is 8.03 Å². The van der Waals surface area contributed by atoms with Gasteiger partial charge in [0.1, 0.15) is 0 Å². The molecule has 0 N–H and O–H groups in total. The highest BCUT2D eigenvalue weighted by molar-refractivity contribution is 4.50. The molecule has 0 fully saturated rings. The summed E-state index contributed by atoms with van der Waals surface area (Å²) in [4.78, 5) is 10.7. The molecule has 0 bridgehead atoms. The van der Waals surface area contributed by atoms with Crippen molar-refractivity contribution < 1.29 is 12.3 Å². The molecule has 0 spiro atoms. The van der Waals surface area contributed by atoms with Crippen LogP contribution in [0.25, 0.3) is 0 Å². The molecular formula is C8H18N2O. The van der Waals surface area contributed by atoms with Crippen molar-refractivity contribution in [3.63, 3.8) is 0 Å². The van der Waals surface area contributed by atoms with Crippen LogP contribution in [0.2, 0.25) is 0 Å². The van der Waals surface area contributed by atoms with Crippen molar-refractivity contribution in [1.82, 2.24) is 5.01 Å². The van der Waals surface area contributed by atoms with Gasteiger partial charge in [-0.25, -0.2) is 0 Å². The first kappa shape index (κ1) is 2.71. The molecule has 0 saturated carbocycles. The molecule has 0 aliphatic carbocycles. The summed E-state index contributed by atoms with van der Waals surface area (Å²) in [6.07, 6.45) is -6.04. The molecule has 0 radical (unpaired) electrons. The van der Waals surface area contributed by atoms with Crippen molar-refractivity contribution >= 4 is 0 Å². The van der Waals surface area contributed by atoms with Gasteiger partial charge in [0.15, 0.2) is 0 Å². The average molecular weight is 167 g/mol. The van der Waals surface area contributed by atoms with Gasteiger partial charge in [-0.2, -0.15) is 0 Å². The zero-order chi connectivity index (χ0) is 16.4. The smallest absolute Gasteiger partial charge is 0.0523 e. The number of hydrogen-bond acceptors (Lipinski definition) is 2.